The normalized spacial score (nSPS) is 16.2. The van der Waals surface area contributed by atoms with Crippen LogP contribution in [0.2, 0.25) is 0 Å². The van der Waals surface area contributed by atoms with E-state index in [1.165, 1.54) is 30.9 Å². The number of piperazine rings is 1. The number of amides is 1. The van der Waals surface area contributed by atoms with Crippen LogP contribution in [0, 0.1) is 10.1 Å². The van der Waals surface area contributed by atoms with Gasteiger partial charge in [0.05, 0.1) is 22.2 Å². The van der Waals surface area contributed by atoms with Gasteiger partial charge in [-0.25, -0.2) is 28.4 Å². The van der Waals surface area contributed by atoms with E-state index in [0.29, 0.717) is 22.5 Å². The lowest BCUT2D eigenvalue weighted by molar-refractivity contribution is -0.384. The first-order valence-electron chi connectivity index (χ1n) is 12.5. The number of carbonyl (C=O) groups is 1. The molecule has 4 aromatic rings. The van der Waals surface area contributed by atoms with Gasteiger partial charge in [0.1, 0.15) is 29.5 Å². The van der Waals surface area contributed by atoms with Gasteiger partial charge < -0.3 is 15.0 Å². The van der Waals surface area contributed by atoms with Gasteiger partial charge in [-0.2, -0.15) is 4.31 Å². The van der Waals surface area contributed by atoms with Crippen LogP contribution in [0.15, 0.2) is 72.1 Å². The van der Waals surface area contributed by atoms with Crippen molar-refractivity contribution >= 4 is 38.6 Å². The van der Waals surface area contributed by atoms with Gasteiger partial charge in [-0.3, -0.25) is 14.9 Å². The summed E-state index contributed by atoms with van der Waals surface area (Å²) in [4.78, 5) is 42.0. The highest BCUT2D eigenvalue weighted by atomic mass is 32.2. The van der Waals surface area contributed by atoms with Crippen LogP contribution in [-0.4, -0.2) is 75.5 Å². The number of sulfonamides is 1. The summed E-state index contributed by atoms with van der Waals surface area (Å²) in [5.41, 5.74) is 0.864. The number of rotatable bonds is 8. The number of halogens is 3. The molecule has 2 aromatic heterocycles. The SMILES string of the molecule is O=C(NCc1ccc(OC(F)(F)F)cc1)[C@H]1CN(c2cnc3cncnc3n2)CCN1S(=O)(=O)c1ccc([N+](=O)[O-])cc1. The topological polar surface area (TPSA) is 174 Å². The Bertz CT molecular complexity index is 1760. The Kier molecular flexibility index (Phi) is 8.05. The summed E-state index contributed by atoms with van der Waals surface area (Å²) in [5, 5.41) is 13.7. The molecule has 1 amide bonds. The monoisotopic (exact) mass is 618 g/mol. The van der Waals surface area contributed by atoms with E-state index in [2.05, 4.69) is 30.0 Å². The van der Waals surface area contributed by atoms with E-state index in [-0.39, 0.29) is 36.8 Å². The van der Waals surface area contributed by atoms with Crippen LogP contribution in [0.5, 0.6) is 5.75 Å². The first-order valence-corrected chi connectivity index (χ1v) is 13.9. The molecule has 18 heteroatoms. The number of benzene rings is 2. The lowest BCUT2D eigenvalue weighted by Gasteiger charge is -2.40. The number of nitrogens with one attached hydrogen (secondary N) is 1. The fourth-order valence-corrected chi connectivity index (χ4v) is 5.95. The van der Waals surface area contributed by atoms with E-state index >= 15 is 0 Å². The van der Waals surface area contributed by atoms with E-state index < -0.39 is 39.0 Å². The number of nitro benzene ring substituents is 1. The van der Waals surface area contributed by atoms with Crippen LogP contribution >= 0.6 is 0 Å². The van der Waals surface area contributed by atoms with Crippen molar-refractivity contribution in [3.05, 3.63) is 82.9 Å². The minimum absolute atomic E-state index is 0.125. The summed E-state index contributed by atoms with van der Waals surface area (Å²) in [6.45, 7) is -0.284. The highest BCUT2D eigenvalue weighted by molar-refractivity contribution is 7.89. The van der Waals surface area contributed by atoms with Crippen molar-refractivity contribution in [1.82, 2.24) is 29.6 Å². The zero-order valence-corrected chi connectivity index (χ0v) is 22.7. The van der Waals surface area contributed by atoms with Crippen LogP contribution in [0.4, 0.5) is 24.7 Å². The Hall–Kier alpha value is -4.97. The van der Waals surface area contributed by atoms with Gasteiger partial charge in [0.25, 0.3) is 5.69 Å². The summed E-state index contributed by atoms with van der Waals surface area (Å²) in [6, 6.07) is 7.83. The van der Waals surface area contributed by atoms with Crippen LogP contribution in [0.25, 0.3) is 11.2 Å². The minimum atomic E-state index is -4.86. The predicted molar refractivity (Wildman–Crippen MR) is 143 cm³/mol. The smallest absolute Gasteiger partial charge is 0.406 e. The molecule has 0 aliphatic carbocycles. The molecule has 14 nitrogen and oxygen atoms in total. The second-order valence-electron chi connectivity index (χ2n) is 9.20. The summed E-state index contributed by atoms with van der Waals surface area (Å²) >= 11 is 0. The van der Waals surface area contributed by atoms with Crippen molar-refractivity contribution in [1.29, 1.82) is 0 Å². The van der Waals surface area contributed by atoms with Crippen molar-refractivity contribution in [3.8, 4) is 5.75 Å². The maximum atomic E-state index is 13.6. The summed E-state index contributed by atoms with van der Waals surface area (Å²) in [7, 11) is -4.30. The zero-order valence-electron chi connectivity index (χ0n) is 21.9. The third-order valence-electron chi connectivity index (χ3n) is 6.45. The number of anilines is 1. The van der Waals surface area contributed by atoms with E-state index in [1.807, 2.05) is 0 Å². The molecule has 1 aliphatic rings. The molecule has 43 heavy (non-hydrogen) atoms. The molecule has 1 fully saturated rings. The first kappa shape index (κ1) is 29.5. The van der Waals surface area contributed by atoms with E-state index in [4.69, 9.17) is 0 Å². The van der Waals surface area contributed by atoms with Gasteiger partial charge in [0.15, 0.2) is 5.65 Å². The first-order chi connectivity index (χ1) is 20.4. The maximum absolute atomic E-state index is 13.6. The largest absolute Gasteiger partial charge is 0.573 e. The van der Waals surface area contributed by atoms with Crippen molar-refractivity contribution in [3.63, 3.8) is 0 Å². The number of nitrogens with zero attached hydrogens (tertiary/aromatic N) is 7. The molecule has 1 atom stereocenters. The van der Waals surface area contributed by atoms with Crippen molar-refractivity contribution in [2.75, 3.05) is 24.5 Å². The number of nitro groups is 1. The zero-order chi connectivity index (χ0) is 30.8. The Morgan fingerprint density at radius 3 is 2.47 bits per heavy atom. The van der Waals surface area contributed by atoms with Gasteiger partial charge in [0, 0.05) is 38.3 Å². The Balaban J connectivity index is 1.39. The Labute approximate surface area is 241 Å². The fraction of sp³-hybridized carbons (Fsp3) is 0.240. The van der Waals surface area contributed by atoms with Gasteiger partial charge in [-0.15, -0.1) is 13.2 Å². The number of aromatic nitrogens is 4. The third kappa shape index (κ3) is 6.75. The fourth-order valence-electron chi connectivity index (χ4n) is 4.38. The molecule has 1 N–H and O–H groups in total. The number of non-ortho nitro benzene ring substituents is 1. The summed E-state index contributed by atoms with van der Waals surface area (Å²) < 4.78 is 69.5. The highest BCUT2D eigenvalue weighted by Gasteiger charge is 2.41. The molecule has 0 bridgehead atoms. The highest BCUT2D eigenvalue weighted by Crippen LogP contribution is 2.27. The average Bonchev–Trinajstić information content (AvgIpc) is 2.99. The number of alkyl halides is 3. The quantitative estimate of drug-likeness (QED) is 0.227. The molecule has 1 aliphatic heterocycles. The predicted octanol–water partition coefficient (Wildman–Crippen LogP) is 2.42. The minimum Gasteiger partial charge on any atom is -0.406 e. The maximum Gasteiger partial charge on any atom is 0.573 e. The Morgan fingerprint density at radius 1 is 1.07 bits per heavy atom. The van der Waals surface area contributed by atoms with E-state index in [9.17, 15) is 36.5 Å². The average molecular weight is 619 g/mol. The third-order valence-corrected chi connectivity index (χ3v) is 8.37. The molecule has 1 saturated heterocycles. The standard InChI is InChI=1S/C25H21F3N8O6S/c26-25(27,28)42-18-5-1-16(2-6-18)11-31-24(37)21-14-34(22-13-30-20-12-29-15-32-23(20)33-22)9-10-35(21)43(40,41)19-7-3-17(4-8-19)36(38)39/h1-8,12-13,15,21H,9-11,14H2,(H,31,37)/t21-/m1/s1. The number of ether oxygens (including phenoxy) is 1. The molecule has 3 heterocycles. The Morgan fingerprint density at radius 2 is 1.79 bits per heavy atom. The van der Waals surface area contributed by atoms with E-state index in [0.717, 1.165) is 40.7 Å². The number of hydrogen-bond donors (Lipinski definition) is 1. The van der Waals surface area contributed by atoms with Gasteiger partial charge >= 0.3 is 6.36 Å². The van der Waals surface area contributed by atoms with Gasteiger partial charge in [0.2, 0.25) is 15.9 Å². The van der Waals surface area contributed by atoms with Crippen LogP contribution in [0.1, 0.15) is 5.56 Å². The second kappa shape index (κ2) is 11.7. The lowest BCUT2D eigenvalue weighted by atomic mass is 10.1. The van der Waals surface area contributed by atoms with Crippen LogP contribution in [-0.2, 0) is 21.4 Å². The van der Waals surface area contributed by atoms with Gasteiger partial charge in [-0.1, -0.05) is 12.1 Å². The number of fused-ring (bicyclic) bond motifs is 1. The van der Waals surface area contributed by atoms with Crippen LogP contribution < -0.4 is 15.0 Å². The number of hydrogen-bond acceptors (Lipinski definition) is 11. The molecule has 0 radical (unpaired) electrons. The molecule has 2 aromatic carbocycles. The summed E-state index contributed by atoms with van der Waals surface area (Å²) in [5.74, 6) is -0.786. The van der Waals surface area contributed by atoms with E-state index in [1.54, 1.807) is 4.90 Å². The molecular weight excluding hydrogens is 597 g/mol. The van der Waals surface area contributed by atoms with Crippen molar-refractivity contribution in [2.45, 2.75) is 23.8 Å². The molecule has 5 rings (SSSR count). The summed E-state index contributed by atoms with van der Waals surface area (Å²) in [6.07, 6.45) is -0.630. The molecule has 0 spiro atoms. The molecule has 0 saturated carbocycles. The van der Waals surface area contributed by atoms with Gasteiger partial charge in [-0.05, 0) is 29.8 Å². The molecule has 224 valence electrons. The number of carbonyl (C=O) groups excluding carboxylic acids is 1. The van der Waals surface area contributed by atoms with Crippen molar-refractivity contribution < 1.29 is 36.0 Å². The lowest BCUT2D eigenvalue weighted by Crippen LogP contribution is -2.60. The van der Waals surface area contributed by atoms with Crippen LogP contribution in [0.3, 0.4) is 0 Å². The van der Waals surface area contributed by atoms with Crippen molar-refractivity contribution in [2.24, 2.45) is 0 Å². The second-order valence-corrected chi connectivity index (χ2v) is 11.1. The molecular formula is C25H21F3N8O6S. The molecule has 0 unspecified atom stereocenters.